The molecule has 1 amide bonds. The fourth-order valence-electron chi connectivity index (χ4n) is 2.55. The Kier molecular flexibility index (Phi) is 4.53. The zero-order chi connectivity index (χ0) is 13.7. The van der Waals surface area contributed by atoms with Crippen LogP contribution in [0.4, 0.5) is 5.69 Å². The maximum atomic E-state index is 12.2. The number of nitrogens with one attached hydrogen (secondary N) is 2. The fourth-order valence-corrected chi connectivity index (χ4v) is 2.55. The second kappa shape index (κ2) is 6.35. The van der Waals surface area contributed by atoms with E-state index in [0.29, 0.717) is 11.3 Å². The predicted molar refractivity (Wildman–Crippen MR) is 73.8 cm³/mol. The van der Waals surface area contributed by atoms with Gasteiger partial charge in [-0.25, -0.2) is 0 Å². The zero-order valence-electron chi connectivity index (χ0n) is 11.3. The summed E-state index contributed by atoms with van der Waals surface area (Å²) in [6.45, 7) is 4.09. The number of likely N-dealkylation sites (tertiary alicyclic amines) is 1. The highest BCUT2D eigenvalue weighted by Gasteiger charge is 2.26. The van der Waals surface area contributed by atoms with E-state index in [-0.39, 0.29) is 11.9 Å². The molecule has 1 aliphatic rings. The molecule has 1 aromatic rings. The molecule has 1 aromatic carbocycles. The van der Waals surface area contributed by atoms with E-state index in [2.05, 4.69) is 11.4 Å². The lowest BCUT2D eigenvalue weighted by atomic mass is 10.1. The summed E-state index contributed by atoms with van der Waals surface area (Å²) in [5.74, 6) is -0.000370. The third-order valence-electron chi connectivity index (χ3n) is 3.81. The van der Waals surface area contributed by atoms with Gasteiger partial charge in [-0.1, -0.05) is 12.1 Å². The van der Waals surface area contributed by atoms with Gasteiger partial charge in [0, 0.05) is 0 Å². The molecule has 19 heavy (non-hydrogen) atoms. The van der Waals surface area contributed by atoms with Crippen LogP contribution in [0.2, 0.25) is 0 Å². The van der Waals surface area contributed by atoms with Crippen LogP contribution >= 0.6 is 0 Å². The van der Waals surface area contributed by atoms with Crippen LogP contribution < -0.4 is 10.2 Å². The Morgan fingerprint density at radius 1 is 1.32 bits per heavy atom. The molecule has 2 rings (SSSR count). The molecule has 100 valence electrons. The highest BCUT2D eigenvalue weighted by Crippen LogP contribution is 2.13. The van der Waals surface area contributed by atoms with Crippen LogP contribution in [0.15, 0.2) is 24.3 Å². The summed E-state index contributed by atoms with van der Waals surface area (Å²) in [4.78, 5) is 13.6. The zero-order valence-corrected chi connectivity index (χ0v) is 11.3. The Bertz CT molecular complexity index is 486. The van der Waals surface area contributed by atoms with Crippen molar-refractivity contribution in [3.05, 3.63) is 29.8 Å². The first kappa shape index (κ1) is 13.6. The first-order chi connectivity index (χ1) is 9.22. The molecule has 0 bridgehead atoms. The van der Waals surface area contributed by atoms with Crippen LogP contribution in [0, 0.1) is 11.3 Å². The van der Waals surface area contributed by atoms with Crippen molar-refractivity contribution in [3.8, 4) is 6.07 Å². The predicted octanol–water partition coefficient (Wildman–Crippen LogP) is 0.954. The monoisotopic (exact) mass is 258 g/mol. The molecule has 4 nitrogen and oxygen atoms in total. The van der Waals surface area contributed by atoms with Gasteiger partial charge in [0.1, 0.15) is 6.07 Å². The maximum absolute atomic E-state index is 12.2. The molecule has 1 saturated heterocycles. The number of para-hydroxylation sites is 1. The van der Waals surface area contributed by atoms with Crippen molar-refractivity contribution < 1.29 is 9.69 Å². The Balaban J connectivity index is 2.02. The summed E-state index contributed by atoms with van der Waals surface area (Å²) in [6, 6.07) is 9.15. The van der Waals surface area contributed by atoms with Crippen LogP contribution in [0.1, 0.15) is 31.7 Å². The Morgan fingerprint density at radius 2 is 2.00 bits per heavy atom. The van der Waals surface area contributed by atoms with Crippen molar-refractivity contribution in [2.45, 2.75) is 32.2 Å². The second-order valence-corrected chi connectivity index (χ2v) is 5.09. The minimum atomic E-state index is -0.0629. The average Bonchev–Trinajstić information content (AvgIpc) is 2.48. The lowest BCUT2D eigenvalue weighted by molar-refractivity contribution is -0.918. The maximum Gasteiger partial charge on any atom is 0.282 e. The van der Waals surface area contributed by atoms with E-state index in [9.17, 15) is 4.79 Å². The van der Waals surface area contributed by atoms with E-state index in [1.165, 1.54) is 24.2 Å². The van der Waals surface area contributed by atoms with E-state index >= 15 is 0 Å². The number of anilines is 1. The van der Waals surface area contributed by atoms with Gasteiger partial charge in [0.15, 0.2) is 6.04 Å². The molecule has 2 N–H and O–H groups in total. The van der Waals surface area contributed by atoms with Crippen molar-refractivity contribution in [2.75, 3.05) is 18.4 Å². The Labute approximate surface area is 114 Å². The van der Waals surface area contributed by atoms with Gasteiger partial charge in [-0.3, -0.25) is 4.79 Å². The summed E-state index contributed by atoms with van der Waals surface area (Å²) in [6.07, 6.45) is 3.67. The van der Waals surface area contributed by atoms with E-state index < -0.39 is 0 Å². The highest BCUT2D eigenvalue weighted by atomic mass is 16.2. The number of carbonyl (C=O) groups is 1. The molecule has 1 fully saturated rings. The number of nitrogens with zero attached hydrogens (tertiary/aromatic N) is 1. The number of amides is 1. The van der Waals surface area contributed by atoms with Crippen LogP contribution in [0.5, 0.6) is 0 Å². The molecule has 1 heterocycles. The topological polar surface area (TPSA) is 57.3 Å². The molecule has 4 heteroatoms. The highest BCUT2D eigenvalue weighted by molar-refractivity contribution is 5.94. The van der Waals surface area contributed by atoms with Crippen molar-refractivity contribution in [1.82, 2.24) is 0 Å². The molecule has 1 atom stereocenters. The van der Waals surface area contributed by atoms with Gasteiger partial charge >= 0.3 is 0 Å². The summed E-state index contributed by atoms with van der Waals surface area (Å²) in [7, 11) is 0. The largest absolute Gasteiger partial charge is 0.325 e. The summed E-state index contributed by atoms with van der Waals surface area (Å²) in [5.41, 5.74) is 1.12. The minimum absolute atomic E-state index is 0.000370. The molecule has 0 radical (unpaired) electrons. The number of hydrogen-bond donors (Lipinski definition) is 2. The second-order valence-electron chi connectivity index (χ2n) is 5.09. The summed E-state index contributed by atoms with van der Waals surface area (Å²) in [5, 5.41) is 11.9. The molecule has 0 aromatic heterocycles. The van der Waals surface area contributed by atoms with Gasteiger partial charge in [-0.05, 0) is 38.3 Å². The minimum Gasteiger partial charge on any atom is -0.325 e. The fraction of sp³-hybridized carbons (Fsp3) is 0.467. The normalized spacial score (nSPS) is 17.5. The lowest BCUT2D eigenvalue weighted by Gasteiger charge is -2.28. The molecule has 0 unspecified atom stereocenters. The molecule has 1 aliphatic heterocycles. The quantitative estimate of drug-likeness (QED) is 0.848. The Morgan fingerprint density at radius 3 is 2.68 bits per heavy atom. The van der Waals surface area contributed by atoms with Crippen LogP contribution in [-0.4, -0.2) is 25.0 Å². The standard InChI is InChI=1S/C15H19N3O/c1-12(18-9-5-2-6-10-18)15(19)17-14-8-4-3-7-13(14)11-16/h3-4,7-8,12H,2,5-6,9-10H2,1H3,(H,17,19)/p+1/t12-/m0/s1. The van der Waals surface area contributed by atoms with Crippen molar-refractivity contribution >= 4 is 11.6 Å². The molecular formula is C15H20N3O+. The Hall–Kier alpha value is -1.86. The smallest absolute Gasteiger partial charge is 0.282 e. The number of hydrogen-bond acceptors (Lipinski definition) is 2. The molecule has 0 saturated carbocycles. The van der Waals surface area contributed by atoms with E-state index in [1.807, 2.05) is 13.0 Å². The van der Waals surface area contributed by atoms with Crippen LogP contribution in [-0.2, 0) is 4.79 Å². The number of rotatable bonds is 3. The van der Waals surface area contributed by atoms with Crippen LogP contribution in [0.3, 0.4) is 0 Å². The third kappa shape index (κ3) is 3.33. The van der Waals surface area contributed by atoms with E-state index in [4.69, 9.17) is 5.26 Å². The van der Waals surface area contributed by atoms with E-state index in [0.717, 1.165) is 13.1 Å². The van der Waals surface area contributed by atoms with Crippen molar-refractivity contribution in [1.29, 1.82) is 5.26 Å². The summed E-state index contributed by atoms with van der Waals surface area (Å²) < 4.78 is 0. The van der Waals surface area contributed by atoms with Gasteiger partial charge in [-0.2, -0.15) is 5.26 Å². The molecule has 0 aliphatic carbocycles. The number of piperidine rings is 1. The molecular weight excluding hydrogens is 238 g/mol. The molecule has 0 spiro atoms. The number of carbonyl (C=O) groups excluding carboxylic acids is 1. The first-order valence-electron chi connectivity index (χ1n) is 6.87. The third-order valence-corrected chi connectivity index (χ3v) is 3.81. The average molecular weight is 258 g/mol. The van der Waals surface area contributed by atoms with Crippen LogP contribution in [0.25, 0.3) is 0 Å². The number of quaternary nitrogens is 1. The van der Waals surface area contributed by atoms with Gasteiger partial charge in [0.05, 0.1) is 24.3 Å². The van der Waals surface area contributed by atoms with Gasteiger partial charge in [0.2, 0.25) is 0 Å². The van der Waals surface area contributed by atoms with Gasteiger partial charge in [-0.15, -0.1) is 0 Å². The van der Waals surface area contributed by atoms with Crippen molar-refractivity contribution in [3.63, 3.8) is 0 Å². The van der Waals surface area contributed by atoms with Gasteiger partial charge in [0.25, 0.3) is 5.91 Å². The number of benzene rings is 1. The lowest BCUT2D eigenvalue weighted by Crippen LogP contribution is -3.17. The van der Waals surface area contributed by atoms with Gasteiger partial charge < -0.3 is 10.2 Å². The summed E-state index contributed by atoms with van der Waals surface area (Å²) >= 11 is 0. The number of nitriles is 1. The van der Waals surface area contributed by atoms with E-state index in [1.54, 1.807) is 18.2 Å². The first-order valence-corrected chi connectivity index (χ1v) is 6.87. The SMILES string of the molecule is C[C@@H](C(=O)Nc1ccccc1C#N)[NH+]1CCCCC1. The van der Waals surface area contributed by atoms with Crippen molar-refractivity contribution in [2.24, 2.45) is 0 Å².